The van der Waals surface area contributed by atoms with Crippen molar-refractivity contribution in [3.8, 4) is 0 Å². The number of nitrogens with one attached hydrogen (secondary N) is 2. The summed E-state index contributed by atoms with van der Waals surface area (Å²) in [4.78, 5) is 16.3. The van der Waals surface area contributed by atoms with Crippen molar-refractivity contribution in [2.45, 2.75) is 26.0 Å². The molecule has 0 aliphatic carbocycles. The van der Waals surface area contributed by atoms with Gasteiger partial charge in [-0.3, -0.25) is 4.84 Å². The number of aliphatic hydroxyl groups is 1. The van der Waals surface area contributed by atoms with E-state index in [0.29, 0.717) is 13.0 Å². The van der Waals surface area contributed by atoms with Gasteiger partial charge in [0.2, 0.25) is 0 Å². The van der Waals surface area contributed by atoms with Crippen molar-refractivity contribution in [2.75, 3.05) is 6.61 Å². The maximum absolute atomic E-state index is 11.3. The van der Waals surface area contributed by atoms with E-state index in [-0.39, 0.29) is 12.6 Å². The molecule has 5 nitrogen and oxygen atoms in total. The van der Waals surface area contributed by atoms with Gasteiger partial charge in [0.1, 0.15) is 0 Å². The molecule has 1 rings (SSSR count). The number of benzene rings is 1. The Kier molecular flexibility index (Phi) is 6.06. The van der Waals surface area contributed by atoms with Gasteiger partial charge in [-0.2, -0.15) is 0 Å². The molecule has 0 radical (unpaired) electrons. The molecule has 1 aromatic carbocycles. The largest absolute Gasteiger partial charge is 0.396 e. The molecule has 1 aromatic rings. The SMILES string of the molecule is C[C@H](CCO)NC(=O)NOCc1ccccc1. The molecule has 0 aliphatic rings. The van der Waals surface area contributed by atoms with Crippen molar-refractivity contribution in [3.63, 3.8) is 0 Å². The van der Waals surface area contributed by atoms with Gasteiger partial charge in [-0.05, 0) is 18.9 Å². The quantitative estimate of drug-likeness (QED) is 0.652. The van der Waals surface area contributed by atoms with Crippen molar-refractivity contribution in [3.05, 3.63) is 35.9 Å². The molecule has 0 saturated heterocycles. The lowest BCUT2D eigenvalue weighted by Crippen LogP contribution is -2.40. The van der Waals surface area contributed by atoms with E-state index in [1.54, 1.807) is 0 Å². The number of hydrogen-bond donors (Lipinski definition) is 3. The van der Waals surface area contributed by atoms with Gasteiger partial charge in [-0.15, -0.1) is 0 Å². The fraction of sp³-hybridized carbons (Fsp3) is 0.417. The van der Waals surface area contributed by atoms with Crippen LogP contribution in [0.5, 0.6) is 0 Å². The average Bonchev–Trinajstić information content (AvgIpc) is 2.30. The molecule has 94 valence electrons. The Hall–Kier alpha value is -1.59. The van der Waals surface area contributed by atoms with Crippen molar-refractivity contribution in [2.24, 2.45) is 0 Å². The summed E-state index contributed by atoms with van der Waals surface area (Å²) >= 11 is 0. The summed E-state index contributed by atoms with van der Waals surface area (Å²) in [5.41, 5.74) is 3.27. The lowest BCUT2D eigenvalue weighted by molar-refractivity contribution is 0.0480. The van der Waals surface area contributed by atoms with Crippen LogP contribution in [-0.2, 0) is 11.4 Å². The Morgan fingerprint density at radius 2 is 2.12 bits per heavy atom. The molecule has 0 bridgehead atoms. The highest BCUT2D eigenvalue weighted by Gasteiger charge is 2.05. The highest BCUT2D eigenvalue weighted by atomic mass is 16.7. The summed E-state index contributed by atoms with van der Waals surface area (Å²) < 4.78 is 0. The van der Waals surface area contributed by atoms with E-state index in [4.69, 9.17) is 9.94 Å². The van der Waals surface area contributed by atoms with Crippen molar-refractivity contribution in [1.29, 1.82) is 0 Å². The van der Waals surface area contributed by atoms with Crippen LogP contribution >= 0.6 is 0 Å². The Morgan fingerprint density at radius 1 is 1.41 bits per heavy atom. The summed E-state index contributed by atoms with van der Waals surface area (Å²) in [5, 5.41) is 11.3. The van der Waals surface area contributed by atoms with Crippen LogP contribution in [0, 0.1) is 0 Å². The molecule has 5 heteroatoms. The maximum atomic E-state index is 11.3. The Balaban J connectivity index is 2.16. The first-order valence-corrected chi connectivity index (χ1v) is 5.55. The average molecular weight is 238 g/mol. The third-order valence-electron chi connectivity index (χ3n) is 2.19. The summed E-state index contributed by atoms with van der Waals surface area (Å²) in [6.07, 6.45) is 0.520. The van der Waals surface area contributed by atoms with Crippen LogP contribution in [0.15, 0.2) is 30.3 Å². The van der Waals surface area contributed by atoms with E-state index < -0.39 is 6.03 Å². The number of urea groups is 1. The molecule has 0 fully saturated rings. The van der Waals surface area contributed by atoms with Crippen LogP contribution in [0.4, 0.5) is 4.79 Å². The lowest BCUT2D eigenvalue weighted by atomic mass is 10.2. The Labute approximate surface area is 101 Å². The molecule has 0 aliphatic heterocycles. The van der Waals surface area contributed by atoms with Gasteiger partial charge in [0.05, 0.1) is 6.61 Å². The van der Waals surface area contributed by atoms with Gasteiger partial charge < -0.3 is 10.4 Å². The van der Waals surface area contributed by atoms with Gasteiger partial charge in [-0.25, -0.2) is 10.3 Å². The van der Waals surface area contributed by atoms with Crippen LogP contribution in [0.25, 0.3) is 0 Å². The Morgan fingerprint density at radius 3 is 2.76 bits per heavy atom. The molecule has 2 amide bonds. The van der Waals surface area contributed by atoms with E-state index in [2.05, 4.69) is 10.8 Å². The molecule has 0 spiro atoms. The second kappa shape index (κ2) is 7.65. The topological polar surface area (TPSA) is 70.6 Å². The minimum absolute atomic E-state index is 0.0479. The molecule has 3 N–H and O–H groups in total. The first kappa shape index (κ1) is 13.5. The zero-order chi connectivity index (χ0) is 12.5. The molecule has 0 aromatic heterocycles. The smallest absolute Gasteiger partial charge is 0.338 e. The molecule has 0 saturated carbocycles. The summed E-state index contributed by atoms with van der Waals surface area (Å²) in [6.45, 7) is 2.18. The van der Waals surface area contributed by atoms with Crippen LogP contribution in [0.2, 0.25) is 0 Å². The Bertz CT molecular complexity index is 330. The van der Waals surface area contributed by atoms with Gasteiger partial charge in [0, 0.05) is 12.6 Å². The maximum Gasteiger partial charge on any atom is 0.338 e. The van der Waals surface area contributed by atoms with Gasteiger partial charge in [0.15, 0.2) is 0 Å². The van der Waals surface area contributed by atoms with E-state index in [1.165, 1.54) is 0 Å². The van der Waals surface area contributed by atoms with Crippen LogP contribution in [0.3, 0.4) is 0 Å². The van der Waals surface area contributed by atoms with Crippen molar-refractivity contribution < 1.29 is 14.7 Å². The lowest BCUT2D eigenvalue weighted by Gasteiger charge is -2.13. The van der Waals surface area contributed by atoms with Gasteiger partial charge in [0.25, 0.3) is 0 Å². The number of amides is 2. The second-order valence-corrected chi connectivity index (χ2v) is 3.76. The molecule has 17 heavy (non-hydrogen) atoms. The van der Waals surface area contributed by atoms with E-state index in [1.807, 2.05) is 37.3 Å². The summed E-state index contributed by atoms with van der Waals surface area (Å²) in [7, 11) is 0. The van der Waals surface area contributed by atoms with E-state index >= 15 is 0 Å². The zero-order valence-corrected chi connectivity index (χ0v) is 9.85. The number of aliphatic hydroxyl groups excluding tert-OH is 1. The van der Waals surface area contributed by atoms with Crippen LogP contribution in [0.1, 0.15) is 18.9 Å². The summed E-state index contributed by atoms with van der Waals surface area (Å²) in [6, 6.07) is 9.06. The monoisotopic (exact) mass is 238 g/mol. The standard InChI is InChI=1S/C12H18N2O3/c1-10(7-8-15)13-12(16)14-17-9-11-5-3-2-4-6-11/h2-6,10,15H,7-9H2,1H3,(H2,13,14,16)/t10-/m1/s1. The first-order chi connectivity index (χ1) is 8.22. The zero-order valence-electron chi connectivity index (χ0n) is 9.85. The summed E-state index contributed by atoms with van der Waals surface area (Å²) in [5.74, 6) is 0. The molecule has 1 atom stereocenters. The van der Waals surface area contributed by atoms with Gasteiger partial charge in [-0.1, -0.05) is 30.3 Å². The second-order valence-electron chi connectivity index (χ2n) is 3.76. The van der Waals surface area contributed by atoms with Crippen LogP contribution < -0.4 is 10.8 Å². The molecule has 0 unspecified atom stereocenters. The minimum Gasteiger partial charge on any atom is -0.396 e. The number of hydrogen-bond acceptors (Lipinski definition) is 3. The predicted molar refractivity (Wildman–Crippen MR) is 64.1 cm³/mol. The van der Waals surface area contributed by atoms with Gasteiger partial charge >= 0.3 is 6.03 Å². The van der Waals surface area contributed by atoms with E-state index in [0.717, 1.165) is 5.56 Å². The third kappa shape index (κ3) is 5.89. The number of rotatable bonds is 6. The minimum atomic E-state index is -0.401. The number of carbonyl (C=O) groups is 1. The van der Waals surface area contributed by atoms with Crippen molar-refractivity contribution >= 4 is 6.03 Å². The fourth-order valence-corrected chi connectivity index (χ4v) is 1.28. The predicted octanol–water partition coefficient (Wildman–Crippen LogP) is 1.19. The fourth-order valence-electron chi connectivity index (χ4n) is 1.28. The molecular weight excluding hydrogens is 220 g/mol. The molecular formula is C12H18N2O3. The van der Waals surface area contributed by atoms with Crippen LogP contribution in [-0.4, -0.2) is 23.8 Å². The highest BCUT2D eigenvalue weighted by Crippen LogP contribution is 1.98. The highest BCUT2D eigenvalue weighted by molar-refractivity contribution is 5.72. The number of hydroxylamine groups is 1. The third-order valence-corrected chi connectivity index (χ3v) is 2.19. The van der Waals surface area contributed by atoms with Crippen molar-refractivity contribution in [1.82, 2.24) is 10.8 Å². The first-order valence-electron chi connectivity index (χ1n) is 5.55. The normalized spacial score (nSPS) is 11.9. The molecule has 0 heterocycles. The number of carbonyl (C=O) groups excluding carboxylic acids is 1. The van der Waals surface area contributed by atoms with E-state index in [9.17, 15) is 4.79 Å².